The van der Waals surface area contributed by atoms with Gasteiger partial charge in [0, 0.05) is 16.1 Å². The second-order valence-corrected chi connectivity index (χ2v) is 5.02. The molecule has 0 aromatic carbocycles. The third-order valence-electron chi connectivity index (χ3n) is 2.65. The number of thiophene rings is 1. The van der Waals surface area contributed by atoms with E-state index in [1.54, 1.807) is 23.5 Å². The first-order valence-electron chi connectivity index (χ1n) is 6.01. The maximum atomic E-state index is 12.1. The first-order chi connectivity index (χ1) is 9.22. The molecule has 6 heteroatoms. The minimum Gasteiger partial charge on any atom is -0.347 e. The molecule has 0 atom stereocenters. The number of aromatic nitrogens is 1. The number of carbonyl (C=O) groups excluding carboxylic acids is 1. The van der Waals surface area contributed by atoms with Crippen LogP contribution in [0.2, 0.25) is 0 Å². The topological polar surface area (TPSA) is 80.0 Å². The van der Waals surface area contributed by atoms with E-state index in [1.807, 2.05) is 24.4 Å². The quantitative estimate of drug-likeness (QED) is 0.576. The summed E-state index contributed by atoms with van der Waals surface area (Å²) in [5.74, 6) is 5.73. The average molecular weight is 276 g/mol. The fourth-order valence-electron chi connectivity index (χ4n) is 1.66. The van der Waals surface area contributed by atoms with Gasteiger partial charge in [-0.3, -0.25) is 4.79 Å². The zero-order valence-corrected chi connectivity index (χ0v) is 11.5. The van der Waals surface area contributed by atoms with Crippen molar-refractivity contribution in [3.05, 3.63) is 45.8 Å². The standard InChI is InChI=1S/C13H16N4OS/c1-2-10-6-9(7-12(16-10)17-14)13(18)15-8-11-4-3-5-19-11/h3-7H,2,8,14H2,1H3,(H,15,18)(H,16,17). The lowest BCUT2D eigenvalue weighted by Crippen LogP contribution is -2.23. The summed E-state index contributed by atoms with van der Waals surface area (Å²) in [5, 5.41) is 4.86. The highest BCUT2D eigenvalue weighted by Gasteiger charge is 2.09. The monoisotopic (exact) mass is 276 g/mol. The molecule has 0 saturated heterocycles. The number of aryl methyl sites for hydroxylation is 1. The third kappa shape index (κ3) is 3.52. The van der Waals surface area contributed by atoms with Gasteiger partial charge in [0.25, 0.3) is 5.91 Å². The number of amides is 1. The third-order valence-corrected chi connectivity index (χ3v) is 3.53. The largest absolute Gasteiger partial charge is 0.347 e. The Morgan fingerprint density at radius 1 is 1.47 bits per heavy atom. The summed E-state index contributed by atoms with van der Waals surface area (Å²) in [5.41, 5.74) is 3.87. The molecular formula is C13H16N4OS. The molecule has 0 bridgehead atoms. The Bertz CT molecular complexity index is 532. The fraction of sp³-hybridized carbons (Fsp3) is 0.231. The number of nitrogen functional groups attached to an aromatic ring is 1. The van der Waals surface area contributed by atoms with Gasteiger partial charge in [0.1, 0.15) is 5.82 Å². The molecule has 2 heterocycles. The molecule has 19 heavy (non-hydrogen) atoms. The maximum absolute atomic E-state index is 12.1. The van der Waals surface area contributed by atoms with Crippen LogP contribution in [0.3, 0.4) is 0 Å². The first-order valence-corrected chi connectivity index (χ1v) is 6.89. The van der Waals surface area contributed by atoms with Crippen LogP contribution in [0, 0.1) is 0 Å². The number of hydrogen-bond acceptors (Lipinski definition) is 5. The van der Waals surface area contributed by atoms with Gasteiger partial charge in [-0.2, -0.15) is 0 Å². The van der Waals surface area contributed by atoms with Crippen LogP contribution in [0.25, 0.3) is 0 Å². The molecule has 0 saturated carbocycles. The van der Waals surface area contributed by atoms with E-state index < -0.39 is 0 Å². The second kappa shape index (κ2) is 6.31. The molecule has 2 aromatic rings. The summed E-state index contributed by atoms with van der Waals surface area (Å²) in [7, 11) is 0. The van der Waals surface area contributed by atoms with E-state index in [1.165, 1.54) is 0 Å². The van der Waals surface area contributed by atoms with Gasteiger partial charge in [-0.05, 0) is 30.0 Å². The normalized spacial score (nSPS) is 10.2. The van der Waals surface area contributed by atoms with Crippen molar-refractivity contribution in [2.45, 2.75) is 19.9 Å². The number of anilines is 1. The molecule has 4 N–H and O–H groups in total. The van der Waals surface area contributed by atoms with Gasteiger partial charge in [-0.1, -0.05) is 13.0 Å². The van der Waals surface area contributed by atoms with Crippen molar-refractivity contribution in [2.24, 2.45) is 5.84 Å². The SMILES string of the molecule is CCc1cc(C(=O)NCc2cccs2)cc(NN)n1. The minimum absolute atomic E-state index is 0.123. The van der Waals surface area contributed by atoms with Crippen molar-refractivity contribution in [1.82, 2.24) is 10.3 Å². The number of hydrazine groups is 1. The van der Waals surface area contributed by atoms with E-state index in [9.17, 15) is 4.79 Å². The number of hydrogen-bond donors (Lipinski definition) is 3. The Morgan fingerprint density at radius 2 is 2.32 bits per heavy atom. The van der Waals surface area contributed by atoms with Crippen LogP contribution in [0.15, 0.2) is 29.6 Å². The van der Waals surface area contributed by atoms with Crippen molar-refractivity contribution in [3.63, 3.8) is 0 Å². The number of rotatable bonds is 5. The van der Waals surface area contributed by atoms with Gasteiger partial charge in [0.15, 0.2) is 0 Å². The summed E-state index contributed by atoms with van der Waals surface area (Å²) < 4.78 is 0. The number of pyridine rings is 1. The molecule has 0 fully saturated rings. The summed E-state index contributed by atoms with van der Waals surface area (Å²) in [4.78, 5) is 17.4. The number of nitrogens with one attached hydrogen (secondary N) is 2. The van der Waals surface area contributed by atoms with E-state index in [4.69, 9.17) is 5.84 Å². The van der Waals surface area contributed by atoms with Crippen LogP contribution < -0.4 is 16.6 Å². The molecule has 0 aliphatic heterocycles. The summed E-state index contributed by atoms with van der Waals surface area (Å²) in [6.07, 6.45) is 0.751. The molecule has 0 aliphatic rings. The molecule has 0 radical (unpaired) electrons. The fourth-order valence-corrected chi connectivity index (χ4v) is 2.30. The molecule has 0 aliphatic carbocycles. The average Bonchev–Trinajstić information content (AvgIpc) is 2.97. The predicted octanol–water partition coefficient (Wildman–Crippen LogP) is 1.92. The zero-order chi connectivity index (χ0) is 13.7. The van der Waals surface area contributed by atoms with Crippen molar-refractivity contribution < 1.29 is 4.79 Å². The number of carbonyl (C=O) groups is 1. The highest BCUT2D eigenvalue weighted by Crippen LogP contribution is 2.12. The minimum atomic E-state index is -0.123. The summed E-state index contributed by atoms with van der Waals surface area (Å²) in [6.45, 7) is 2.52. The van der Waals surface area contributed by atoms with Gasteiger partial charge < -0.3 is 10.7 Å². The number of nitrogens with two attached hydrogens (primary N) is 1. The van der Waals surface area contributed by atoms with Crippen LogP contribution >= 0.6 is 11.3 Å². The van der Waals surface area contributed by atoms with Crippen molar-refractivity contribution in [2.75, 3.05) is 5.43 Å². The maximum Gasteiger partial charge on any atom is 0.251 e. The van der Waals surface area contributed by atoms with E-state index in [0.717, 1.165) is 17.0 Å². The summed E-state index contributed by atoms with van der Waals surface area (Å²) in [6, 6.07) is 7.37. The smallest absolute Gasteiger partial charge is 0.251 e. The molecular weight excluding hydrogens is 260 g/mol. The first kappa shape index (κ1) is 13.5. The number of nitrogens with zero attached hydrogens (tertiary/aromatic N) is 1. The van der Waals surface area contributed by atoms with Crippen LogP contribution in [0.5, 0.6) is 0 Å². The lowest BCUT2D eigenvalue weighted by Gasteiger charge is -2.08. The lowest BCUT2D eigenvalue weighted by atomic mass is 10.2. The molecule has 2 aromatic heterocycles. The highest BCUT2D eigenvalue weighted by atomic mass is 32.1. The molecule has 0 spiro atoms. The molecule has 0 unspecified atom stereocenters. The summed E-state index contributed by atoms with van der Waals surface area (Å²) >= 11 is 1.62. The lowest BCUT2D eigenvalue weighted by molar-refractivity contribution is 0.0951. The van der Waals surface area contributed by atoms with E-state index in [2.05, 4.69) is 15.7 Å². The van der Waals surface area contributed by atoms with Gasteiger partial charge in [0.2, 0.25) is 0 Å². The van der Waals surface area contributed by atoms with Crippen molar-refractivity contribution >= 4 is 23.1 Å². The highest BCUT2D eigenvalue weighted by molar-refractivity contribution is 7.09. The van der Waals surface area contributed by atoms with E-state index >= 15 is 0 Å². The van der Waals surface area contributed by atoms with Crippen LogP contribution in [-0.4, -0.2) is 10.9 Å². The Kier molecular flexibility index (Phi) is 4.48. The van der Waals surface area contributed by atoms with Crippen LogP contribution in [0.1, 0.15) is 27.9 Å². The van der Waals surface area contributed by atoms with Gasteiger partial charge in [-0.15, -0.1) is 11.3 Å². The molecule has 2 rings (SSSR count). The molecule has 100 valence electrons. The Hall–Kier alpha value is -1.92. The molecule has 1 amide bonds. The Labute approximate surface area is 115 Å². The van der Waals surface area contributed by atoms with Gasteiger partial charge in [-0.25, -0.2) is 10.8 Å². The van der Waals surface area contributed by atoms with Gasteiger partial charge in [0.05, 0.1) is 6.54 Å². The van der Waals surface area contributed by atoms with E-state index in [0.29, 0.717) is 17.9 Å². The van der Waals surface area contributed by atoms with Crippen LogP contribution in [0.4, 0.5) is 5.82 Å². The van der Waals surface area contributed by atoms with Crippen LogP contribution in [-0.2, 0) is 13.0 Å². The van der Waals surface area contributed by atoms with Crippen molar-refractivity contribution in [3.8, 4) is 0 Å². The van der Waals surface area contributed by atoms with E-state index in [-0.39, 0.29) is 5.91 Å². The predicted molar refractivity (Wildman–Crippen MR) is 76.9 cm³/mol. The Balaban J connectivity index is 2.09. The van der Waals surface area contributed by atoms with Gasteiger partial charge >= 0.3 is 0 Å². The van der Waals surface area contributed by atoms with Crippen molar-refractivity contribution in [1.29, 1.82) is 0 Å². The second-order valence-electron chi connectivity index (χ2n) is 3.99. The Morgan fingerprint density at radius 3 is 2.95 bits per heavy atom. The zero-order valence-electron chi connectivity index (χ0n) is 10.6. The molecule has 5 nitrogen and oxygen atoms in total.